The van der Waals surface area contributed by atoms with Gasteiger partial charge in [-0.2, -0.15) is 0 Å². The summed E-state index contributed by atoms with van der Waals surface area (Å²) in [6.07, 6.45) is 0. The number of phosphoric acid groups is 2. The van der Waals surface area contributed by atoms with Crippen LogP contribution >= 0.6 is 15.6 Å². The molecule has 0 fully saturated rings. The van der Waals surface area contributed by atoms with Gasteiger partial charge in [-0.3, -0.25) is 27.1 Å². The van der Waals surface area contributed by atoms with Crippen molar-refractivity contribution in [3.8, 4) is 0 Å². The molecule has 92 valence electrons. The van der Waals surface area contributed by atoms with E-state index < -0.39 is 22.4 Å². The molecule has 0 amide bonds. The molecule has 0 aliphatic carbocycles. The monoisotopic (exact) mass is 264 g/mol. The van der Waals surface area contributed by atoms with Crippen LogP contribution in [0.25, 0.3) is 0 Å². The Morgan fingerprint density at radius 3 is 1.20 bits per heavy atom. The zero-order chi connectivity index (χ0) is 11.9. The molecule has 8 nitrogen and oxygen atoms in total. The Balaban J connectivity index is 4.08. The Morgan fingerprint density at radius 1 is 0.733 bits per heavy atom. The highest BCUT2D eigenvalue weighted by Crippen LogP contribution is 2.51. The second kappa shape index (κ2) is 6.73. The number of hydrogen-bond donors (Lipinski definition) is 0. The molecule has 0 aliphatic rings. The van der Waals surface area contributed by atoms with Gasteiger partial charge >= 0.3 is 15.6 Å². The third kappa shape index (κ3) is 5.19. The first-order chi connectivity index (χ1) is 6.95. The zero-order valence-electron chi connectivity index (χ0n) is 8.87. The van der Waals surface area contributed by atoms with Gasteiger partial charge in [-0.25, -0.2) is 9.13 Å². The molecule has 0 heterocycles. The maximum Gasteiger partial charge on any atom is 0.476 e. The molecule has 0 saturated carbocycles. The Labute approximate surface area is 88.0 Å². The summed E-state index contributed by atoms with van der Waals surface area (Å²) in [6.45, 7) is -0.613. The quantitative estimate of drug-likeness (QED) is 0.484. The maximum absolute atomic E-state index is 11.3. The molecule has 0 aromatic rings. The van der Waals surface area contributed by atoms with E-state index in [2.05, 4.69) is 27.1 Å². The molecule has 0 N–H and O–H groups in total. The van der Waals surface area contributed by atoms with Gasteiger partial charge < -0.3 is 0 Å². The Bertz CT molecular complexity index is 224. The summed E-state index contributed by atoms with van der Waals surface area (Å²) in [7, 11) is -2.75. The van der Waals surface area contributed by atoms with Gasteiger partial charge in [0, 0.05) is 28.4 Å². The molecule has 15 heavy (non-hydrogen) atoms. The molecule has 10 heteroatoms. The van der Waals surface area contributed by atoms with Crippen molar-refractivity contribution in [3.63, 3.8) is 0 Å². The van der Waals surface area contributed by atoms with Crippen LogP contribution in [0.4, 0.5) is 0 Å². The van der Waals surface area contributed by atoms with E-state index in [0.717, 1.165) is 28.4 Å². The highest BCUT2D eigenvalue weighted by atomic mass is 31.2. The zero-order valence-corrected chi connectivity index (χ0v) is 10.7. The fraction of sp³-hybridized carbons (Fsp3) is 1.00. The van der Waals surface area contributed by atoms with Gasteiger partial charge in [0.15, 0.2) is 6.79 Å². The second-order valence-electron chi connectivity index (χ2n) is 2.00. The molecular weight excluding hydrogens is 250 g/mol. The van der Waals surface area contributed by atoms with Gasteiger partial charge in [0.1, 0.15) is 0 Å². The summed E-state index contributed by atoms with van der Waals surface area (Å²) in [6, 6.07) is 0. The second-order valence-corrected chi connectivity index (χ2v) is 5.77. The van der Waals surface area contributed by atoms with Gasteiger partial charge in [0.05, 0.1) is 0 Å². The van der Waals surface area contributed by atoms with E-state index in [1.54, 1.807) is 0 Å². The van der Waals surface area contributed by atoms with Crippen LogP contribution in [0.15, 0.2) is 0 Å². The minimum absolute atomic E-state index is 0.613. The van der Waals surface area contributed by atoms with Crippen LogP contribution in [0.3, 0.4) is 0 Å². The molecule has 0 atom stereocenters. The summed E-state index contributed by atoms with van der Waals surface area (Å²) in [5.41, 5.74) is 0. The minimum Gasteiger partial charge on any atom is -0.290 e. The summed E-state index contributed by atoms with van der Waals surface area (Å²) in [4.78, 5) is 0. The molecule has 0 bridgehead atoms. The standard InChI is InChI=1S/C5H14O8P2/c1-8-14(6,9-2)12-5-13-15(7,10-3)11-4/h5H2,1-4H3. The average molecular weight is 264 g/mol. The molecule has 0 unspecified atom stereocenters. The fourth-order valence-corrected chi connectivity index (χ4v) is 1.68. The first-order valence-electron chi connectivity index (χ1n) is 3.67. The normalized spacial score (nSPS) is 13.1. The lowest BCUT2D eigenvalue weighted by Crippen LogP contribution is -2.02. The summed E-state index contributed by atoms with van der Waals surface area (Å²) < 4.78 is 49.5. The molecule has 0 saturated heterocycles. The van der Waals surface area contributed by atoms with Crippen LogP contribution in [0.1, 0.15) is 0 Å². The van der Waals surface area contributed by atoms with Crippen molar-refractivity contribution in [1.29, 1.82) is 0 Å². The third-order valence-corrected chi connectivity index (χ3v) is 3.95. The predicted molar refractivity (Wildman–Crippen MR) is 50.3 cm³/mol. The van der Waals surface area contributed by atoms with Crippen molar-refractivity contribution < 1.29 is 36.3 Å². The van der Waals surface area contributed by atoms with Crippen molar-refractivity contribution in [2.45, 2.75) is 0 Å². The van der Waals surface area contributed by atoms with Crippen LogP contribution in [0.2, 0.25) is 0 Å². The first kappa shape index (κ1) is 15.2. The van der Waals surface area contributed by atoms with Crippen LogP contribution in [-0.4, -0.2) is 35.2 Å². The van der Waals surface area contributed by atoms with E-state index in [1.165, 1.54) is 0 Å². The van der Waals surface area contributed by atoms with Gasteiger partial charge in [-0.1, -0.05) is 0 Å². The Kier molecular flexibility index (Phi) is 6.83. The van der Waals surface area contributed by atoms with Crippen LogP contribution in [0.5, 0.6) is 0 Å². The lowest BCUT2D eigenvalue weighted by molar-refractivity contribution is 0.0373. The van der Waals surface area contributed by atoms with Crippen molar-refractivity contribution in [2.24, 2.45) is 0 Å². The number of rotatable bonds is 8. The fourth-order valence-electron chi connectivity index (χ4n) is 0.513. The smallest absolute Gasteiger partial charge is 0.290 e. The van der Waals surface area contributed by atoms with E-state index in [9.17, 15) is 9.13 Å². The van der Waals surface area contributed by atoms with E-state index in [1.807, 2.05) is 0 Å². The maximum atomic E-state index is 11.3. The van der Waals surface area contributed by atoms with Gasteiger partial charge in [0.25, 0.3) is 0 Å². The molecule has 0 rings (SSSR count). The molecule has 0 radical (unpaired) electrons. The lowest BCUT2D eigenvalue weighted by atomic mass is 11.6. The Hall–Kier alpha value is 0.220. The SMILES string of the molecule is COP(=O)(OC)OCOP(=O)(OC)OC. The topological polar surface area (TPSA) is 89.5 Å². The summed E-state index contributed by atoms with van der Waals surface area (Å²) >= 11 is 0. The molecule has 0 aromatic heterocycles. The van der Waals surface area contributed by atoms with Gasteiger partial charge in [0.2, 0.25) is 0 Å². The van der Waals surface area contributed by atoms with Gasteiger partial charge in [-0.15, -0.1) is 0 Å². The molecule has 0 aromatic carbocycles. The molecule has 0 aliphatic heterocycles. The van der Waals surface area contributed by atoms with E-state index in [-0.39, 0.29) is 0 Å². The van der Waals surface area contributed by atoms with E-state index >= 15 is 0 Å². The average Bonchev–Trinajstić information content (AvgIpc) is 2.28. The molecule has 0 spiro atoms. The first-order valence-corrected chi connectivity index (χ1v) is 6.59. The Morgan fingerprint density at radius 2 is 1.00 bits per heavy atom. The van der Waals surface area contributed by atoms with Crippen LogP contribution in [-0.2, 0) is 36.3 Å². The van der Waals surface area contributed by atoms with E-state index in [0.29, 0.717) is 0 Å². The minimum atomic E-state index is -3.65. The van der Waals surface area contributed by atoms with Crippen LogP contribution < -0.4 is 0 Å². The molecular formula is C5H14O8P2. The highest BCUT2D eigenvalue weighted by Gasteiger charge is 2.27. The van der Waals surface area contributed by atoms with E-state index in [4.69, 9.17) is 0 Å². The summed E-state index contributed by atoms with van der Waals surface area (Å²) in [5, 5.41) is 0. The van der Waals surface area contributed by atoms with Crippen LogP contribution in [0, 0.1) is 0 Å². The highest BCUT2D eigenvalue weighted by molar-refractivity contribution is 7.49. The van der Waals surface area contributed by atoms with Crippen molar-refractivity contribution in [2.75, 3.05) is 35.2 Å². The lowest BCUT2D eigenvalue weighted by Gasteiger charge is -2.16. The van der Waals surface area contributed by atoms with Crippen molar-refractivity contribution >= 4 is 15.6 Å². The summed E-state index contributed by atoms with van der Waals surface area (Å²) in [5.74, 6) is 0. The number of hydrogen-bond acceptors (Lipinski definition) is 8. The largest absolute Gasteiger partial charge is 0.476 e. The van der Waals surface area contributed by atoms with Gasteiger partial charge in [-0.05, 0) is 0 Å². The number of phosphoric ester groups is 2. The van der Waals surface area contributed by atoms with Crippen molar-refractivity contribution in [3.05, 3.63) is 0 Å². The predicted octanol–water partition coefficient (Wildman–Crippen LogP) is 1.78. The third-order valence-electron chi connectivity index (χ3n) is 1.32. The van der Waals surface area contributed by atoms with Crippen molar-refractivity contribution in [1.82, 2.24) is 0 Å².